The highest BCUT2D eigenvalue weighted by molar-refractivity contribution is 6.65. The first-order valence-corrected chi connectivity index (χ1v) is 8.85. The Morgan fingerprint density at radius 2 is 1.89 bits per heavy atom. The highest BCUT2D eigenvalue weighted by atomic mass is 35.5. The molecule has 27 heavy (non-hydrogen) atoms. The largest absolute Gasteiger partial charge is 0.379 e. The van der Waals surface area contributed by atoms with Gasteiger partial charge in [0.1, 0.15) is 11.0 Å². The fraction of sp³-hybridized carbons (Fsp3) is 0.0909. The lowest BCUT2D eigenvalue weighted by Gasteiger charge is -2.17. The molecule has 0 spiro atoms. The zero-order valence-electron chi connectivity index (χ0n) is 14.9. The van der Waals surface area contributed by atoms with E-state index in [2.05, 4.69) is 21.9 Å². The van der Waals surface area contributed by atoms with Gasteiger partial charge in [0.05, 0.1) is 24.1 Å². The van der Waals surface area contributed by atoms with Crippen molar-refractivity contribution in [1.82, 2.24) is 10.3 Å². The minimum Gasteiger partial charge on any atom is -0.379 e. The van der Waals surface area contributed by atoms with E-state index in [9.17, 15) is 4.39 Å². The summed E-state index contributed by atoms with van der Waals surface area (Å²) in [4.78, 5) is 8.52. The van der Waals surface area contributed by atoms with Crippen LogP contribution in [0.4, 0.5) is 10.1 Å². The summed E-state index contributed by atoms with van der Waals surface area (Å²) in [5.74, 6) is -0.360. The van der Waals surface area contributed by atoms with Crippen LogP contribution in [0.15, 0.2) is 78.4 Å². The van der Waals surface area contributed by atoms with Crippen molar-refractivity contribution in [3.8, 4) is 11.1 Å². The van der Waals surface area contributed by atoms with Crippen molar-refractivity contribution >= 4 is 28.2 Å². The van der Waals surface area contributed by atoms with Gasteiger partial charge in [0.15, 0.2) is 0 Å². The van der Waals surface area contributed by atoms with E-state index in [4.69, 9.17) is 11.6 Å². The van der Waals surface area contributed by atoms with Gasteiger partial charge in [-0.25, -0.2) is 9.38 Å². The first kappa shape index (κ1) is 18.8. The van der Waals surface area contributed by atoms with E-state index in [1.165, 1.54) is 12.3 Å². The van der Waals surface area contributed by atoms with Crippen LogP contribution in [0.2, 0.25) is 0 Å². The molecule has 0 aliphatic heterocycles. The number of pyridine rings is 1. The number of nitrogens with one attached hydrogen (secondary N) is 1. The van der Waals surface area contributed by atoms with E-state index in [-0.39, 0.29) is 5.82 Å². The second-order valence-electron chi connectivity index (χ2n) is 5.97. The van der Waals surface area contributed by atoms with Crippen LogP contribution in [0.1, 0.15) is 18.2 Å². The second-order valence-corrected chi connectivity index (χ2v) is 6.52. The van der Waals surface area contributed by atoms with Gasteiger partial charge in [-0.3, -0.25) is 4.98 Å². The Bertz CT molecular complexity index is 963. The Labute approximate surface area is 163 Å². The molecule has 0 aliphatic rings. The molecule has 1 aromatic heterocycles. The lowest BCUT2D eigenvalue weighted by atomic mass is 9.96. The monoisotopic (exact) mass is 379 g/mol. The first-order valence-electron chi connectivity index (χ1n) is 8.47. The Kier molecular flexibility index (Phi) is 5.99. The zero-order chi connectivity index (χ0) is 19.2. The minimum absolute atomic E-state index is 0.360. The summed E-state index contributed by atoms with van der Waals surface area (Å²) in [6.45, 7) is 6.34. The number of aromatic nitrogens is 1. The van der Waals surface area contributed by atoms with Gasteiger partial charge in [-0.1, -0.05) is 60.6 Å². The van der Waals surface area contributed by atoms with Crippen molar-refractivity contribution in [3.63, 3.8) is 0 Å². The normalized spacial score (nSPS) is 11.3. The van der Waals surface area contributed by atoms with Gasteiger partial charge in [0.25, 0.3) is 0 Å². The van der Waals surface area contributed by atoms with Gasteiger partial charge in [-0.2, -0.15) is 0 Å². The summed E-state index contributed by atoms with van der Waals surface area (Å²) in [5, 5.41) is 3.71. The number of hydrogen-bond acceptors (Lipinski definition) is 3. The maximum absolute atomic E-state index is 13.0. The Balaban J connectivity index is 1.97. The maximum atomic E-state index is 13.0. The SMILES string of the molecule is C=C(NCc1ccc(F)cn1)c1c(/N=C(\C)Cl)cccc1-c1ccccc1. The van der Waals surface area contributed by atoms with Crippen molar-refractivity contribution in [2.45, 2.75) is 13.5 Å². The highest BCUT2D eigenvalue weighted by Crippen LogP contribution is 2.35. The molecule has 136 valence electrons. The molecule has 0 saturated carbocycles. The first-order chi connectivity index (χ1) is 13.0. The molecule has 3 nitrogen and oxygen atoms in total. The Morgan fingerprint density at radius 3 is 2.56 bits per heavy atom. The zero-order valence-corrected chi connectivity index (χ0v) is 15.7. The van der Waals surface area contributed by atoms with Gasteiger partial charge in [-0.15, -0.1) is 0 Å². The predicted octanol–water partition coefficient (Wildman–Crippen LogP) is 5.94. The molecule has 5 heteroatoms. The Hall–Kier alpha value is -2.98. The smallest absolute Gasteiger partial charge is 0.141 e. The van der Waals surface area contributed by atoms with Crippen LogP contribution in [0.5, 0.6) is 0 Å². The van der Waals surface area contributed by atoms with Crippen molar-refractivity contribution in [2.75, 3.05) is 0 Å². The summed E-state index contributed by atoms with van der Waals surface area (Å²) in [7, 11) is 0. The molecule has 0 radical (unpaired) electrons. The maximum Gasteiger partial charge on any atom is 0.141 e. The summed E-state index contributed by atoms with van der Waals surface area (Å²) in [6, 6.07) is 18.9. The fourth-order valence-corrected chi connectivity index (χ4v) is 2.86. The lowest BCUT2D eigenvalue weighted by Crippen LogP contribution is -2.13. The molecule has 1 N–H and O–H groups in total. The summed E-state index contributed by atoms with van der Waals surface area (Å²) in [6.07, 6.45) is 1.20. The van der Waals surface area contributed by atoms with Gasteiger partial charge >= 0.3 is 0 Å². The molecular formula is C22H19ClFN3. The van der Waals surface area contributed by atoms with Gasteiger partial charge in [0.2, 0.25) is 0 Å². The average molecular weight is 380 g/mol. The average Bonchev–Trinajstić information content (AvgIpc) is 2.67. The number of halogens is 2. The third kappa shape index (κ3) is 4.80. The van der Waals surface area contributed by atoms with Crippen molar-refractivity contribution in [1.29, 1.82) is 0 Å². The van der Waals surface area contributed by atoms with E-state index in [1.54, 1.807) is 13.0 Å². The van der Waals surface area contributed by atoms with Gasteiger partial charge < -0.3 is 5.32 Å². The van der Waals surface area contributed by atoms with Crippen molar-refractivity contribution < 1.29 is 4.39 Å². The van der Waals surface area contributed by atoms with Gasteiger partial charge in [-0.05, 0) is 36.2 Å². The van der Waals surface area contributed by atoms with Crippen LogP contribution >= 0.6 is 11.6 Å². The number of aliphatic imine (C=N–C) groups is 1. The second kappa shape index (κ2) is 8.60. The summed E-state index contributed by atoms with van der Waals surface area (Å²) in [5.41, 5.74) is 5.06. The molecule has 0 amide bonds. The van der Waals surface area contributed by atoms with Crippen LogP contribution in [0, 0.1) is 5.82 Å². The third-order valence-electron chi connectivity index (χ3n) is 3.98. The number of hydrogen-bond donors (Lipinski definition) is 1. The lowest BCUT2D eigenvalue weighted by molar-refractivity contribution is 0.618. The number of rotatable bonds is 6. The van der Waals surface area contributed by atoms with Crippen LogP contribution in [-0.2, 0) is 6.54 Å². The van der Waals surface area contributed by atoms with E-state index in [1.807, 2.05) is 48.5 Å². The molecule has 0 aliphatic carbocycles. The fourth-order valence-electron chi connectivity index (χ4n) is 2.77. The molecule has 0 fully saturated rings. The topological polar surface area (TPSA) is 37.3 Å². The molecule has 0 atom stereocenters. The van der Waals surface area contributed by atoms with Crippen LogP contribution in [0.3, 0.4) is 0 Å². The van der Waals surface area contributed by atoms with Crippen molar-refractivity contribution in [3.05, 3.63) is 90.5 Å². The summed E-state index contributed by atoms with van der Waals surface area (Å²) >= 11 is 6.03. The van der Waals surface area contributed by atoms with E-state index >= 15 is 0 Å². The van der Waals surface area contributed by atoms with Crippen LogP contribution < -0.4 is 5.32 Å². The van der Waals surface area contributed by atoms with E-state index in [0.29, 0.717) is 23.1 Å². The molecular weight excluding hydrogens is 361 g/mol. The van der Waals surface area contributed by atoms with Crippen LogP contribution in [0.25, 0.3) is 16.8 Å². The standard InChI is InChI=1S/C22H19ClFN3/c1-15(25-14-19-12-11-18(24)13-26-19)22-20(17-7-4-3-5-8-17)9-6-10-21(22)27-16(2)23/h3-13,25H,1,14H2,2H3/b27-16+. The third-order valence-corrected chi connectivity index (χ3v) is 4.06. The number of benzene rings is 2. The summed E-state index contributed by atoms with van der Waals surface area (Å²) < 4.78 is 13.0. The number of nitrogens with zero attached hydrogens (tertiary/aromatic N) is 2. The highest BCUT2D eigenvalue weighted by Gasteiger charge is 2.13. The van der Waals surface area contributed by atoms with E-state index in [0.717, 1.165) is 22.4 Å². The predicted molar refractivity (Wildman–Crippen MR) is 111 cm³/mol. The molecule has 1 heterocycles. The Morgan fingerprint density at radius 1 is 1.11 bits per heavy atom. The molecule has 0 unspecified atom stereocenters. The molecule has 2 aromatic carbocycles. The van der Waals surface area contributed by atoms with E-state index < -0.39 is 0 Å². The quantitative estimate of drug-likeness (QED) is 0.538. The molecule has 0 saturated heterocycles. The van der Waals surface area contributed by atoms with Crippen molar-refractivity contribution in [2.24, 2.45) is 4.99 Å². The minimum atomic E-state index is -0.360. The van der Waals surface area contributed by atoms with Crippen LogP contribution in [-0.4, -0.2) is 10.2 Å². The molecule has 0 bridgehead atoms. The molecule has 3 aromatic rings. The molecule has 3 rings (SSSR count). The van der Waals surface area contributed by atoms with Gasteiger partial charge in [0, 0.05) is 11.3 Å².